The molecule has 0 N–H and O–H groups in total. The maximum atomic E-state index is 8.89. The Morgan fingerprint density at radius 2 is 2.31 bits per heavy atom. The number of anilines is 1. The molecule has 0 saturated carbocycles. The summed E-state index contributed by atoms with van der Waals surface area (Å²) >= 11 is 6.12. The van der Waals surface area contributed by atoms with Crippen molar-refractivity contribution in [3.8, 4) is 6.07 Å². The minimum absolute atomic E-state index is 0.365. The first-order valence-corrected chi connectivity index (χ1v) is 5.77. The molecule has 16 heavy (non-hydrogen) atoms. The van der Waals surface area contributed by atoms with Gasteiger partial charge in [0.15, 0.2) is 0 Å². The van der Waals surface area contributed by atoms with Crippen LogP contribution in [0.15, 0.2) is 12.3 Å². The van der Waals surface area contributed by atoms with E-state index in [1.54, 1.807) is 12.3 Å². The summed E-state index contributed by atoms with van der Waals surface area (Å²) in [5, 5.41) is 9.33. The van der Waals surface area contributed by atoms with Crippen LogP contribution in [0.1, 0.15) is 32.3 Å². The Balaban J connectivity index is 3.00. The van der Waals surface area contributed by atoms with Gasteiger partial charge in [-0.15, -0.1) is 0 Å². The van der Waals surface area contributed by atoms with Gasteiger partial charge in [0.1, 0.15) is 16.9 Å². The van der Waals surface area contributed by atoms with E-state index in [1.165, 1.54) is 0 Å². The highest BCUT2D eigenvalue weighted by atomic mass is 35.5. The second kappa shape index (κ2) is 5.72. The molecule has 0 aliphatic rings. The van der Waals surface area contributed by atoms with E-state index in [0.29, 0.717) is 22.4 Å². The van der Waals surface area contributed by atoms with E-state index >= 15 is 0 Å². The summed E-state index contributed by atoms with van der Waals surface area (Å²) in [7, 11) is 1.95. The Hall–Kier alpha value is -1.27. The summed E-state index contributed by atoms with van der Waals surface area (Å²) in [4.78, 5) is 6.25. The average molecular weight is 238 g/mol. The van der Waals surface area contributed by atoms with Crippen molar-refractivity contribution in [3.05, 3.63) is 22.8 Å². The van der Waals surface area contributed by atoms with Crippen LogP contribution in [-0.2, 0) is 0 Å². The summed E-state index contributed by atoms with van der Waals surface area (Å²) in [6.45, 7) is 4.27. The minimum Gasteiger partial charge on any atom is -0.356 e. The van der Waals surface area contributed by atoms with Gasteiger partial charge in [-0.2, -0.15) is 5.26 Å². The second-order valence-corrected chi connectivity index (χ2v) is 4.23. The van der Waals surface area contributed by atoms with Crippen molar-refractivity contribution in [2.45, 2.75) is 32.7 Å². The van der Waals surface area contributed by atoms with Gasteiger partial charge in [-0.3, -0.25) is 0 Å². The molecule has 3 nitrogen and oxygen atoms in total. The van der Waals surface area contributed by atoms with Crippen molar-refractivity contribution in [3.63, 3.8) is 0 Å². The molecule has 0 radical (unpaired) electrons. The van der Waals surface area contributed by atoms with Crippen LogP contribution in [0, 0.1) is 11.3 Å². The van der Waals surface area contributed by atoms with Gasteiger partial charge in [0, 0.05) is 19.3 Å². The lowest BCUT2D eigenvalue weighted by atomic mass is 10.1. The zero-order valence-electron chi connectivity index (χ0n) is 9.87. The lowest BCUT2D eigenvalue weighted by molar-refractivity contribution is 0.611. The third-order valence-corrected chi connectivity index (χ3v) is 3.07. The van der Waals surface area contributed by atoms with Crippen molar-refractivity contribution in [1.29, 1.82) is 5.26 Å². The summed E-state index contributed by atoms with van der Waals surface area (Å²) < 4.78 is 0. The van der Waals surface area contributed by atoms with Crippen LogP contribution in [0.25, 0.3) is 0 Å². The monoisotopic (exact) mass is 237 g/mol. The molecule has 0 aliphatic carbocycles. The molecule has 0 spiro atoms. The molecule has 1 atom stereocenters. The smallest absolute Gasteiger partial charge is 0.148 e. The zero-order chi connectivity index (χ0) is 12.1. The fraction of sp³-hybridized carbons (Fsp3) is 0.500. The Morgan fingerprint density at radius 3 is 2.88 bits per heavy atom. The van der Waals surface area contributed by atoms with Gasteiger partial charge in [-0.1, -0.05) is 24.9 Å². The lowest BCUT2D eigenvalue weighted by Gasteiger charge is -2.26. The highest BCUT2D eigenvalue weighted by molar-refractivity contribution is 6.34. The standard InChI is InChI=1S/C12H16ClN3/c1-4-5-9(2)16(3)12-11(13)10(8-14)6-7-15-12/h6-7,9H,4-5H2,1-3H3. The molecule has 1 unspecified atom stereocenters. The first-order chi connectivity index (χ1) is 7.61. The van der Waals surface area contributed by atoms with Gasteiger partial charge >= 0.3 is 0 Å². The summed E-state index contributed by atoms with van der Waals surface area (Å²) in [6, 6.07) is 4.06. The van der Waals surface area contributed by atoms with Gasteiger partial charge in [-0.05, 0) is 19.4 Å². The van der Waals surface area contributed by atoms with Gasteiger partial charge < -0.3 is 4.90 Å². The Morgan fingerprint density at radius 1 is 1.62 bits per heavy atom. The Bertz CT molecular complexity index is 398. The van der Waals surface area contributed by atoms with Crippen molar-refractivity contribution in [1.82, 2.24) is 4.98 Å². The maximum Gasteiger partial charge on any atom is 0.148 e. The molecular formula is C12H16ClN3. The average Bonchev–Trinajstić information content (AvgIpc) is 2.29. The summed E-state index contributed by atoms with van der Waals surface area (Å²) in [6.07, 6.45) is 3.81. The van der Waals surface area contributed by atoms with Gasteiger partial charge in [0.05, 0.1) is 5.56 Å². The molecule has 0 aliphatic heterocycles. The number of hydrogen-bond acceptors (Lipinski definition) is 3. The van der Waals surface area contributed by atoms with E-state index < -0.39 is 0 Å². The van der Waals surface area contributed by atoms with E-state index in [2.05, 4.69) is 24.9 Å². The van der Waals surface area contributed by atoms with E-state index in [-0.39, 0.29) is 0 Å². The fourth-order valence-electron chi connectivity index (χ4n) is 1.59. The van der Waals surface area contributed by atoms with E-state index in [1.807, 2.05) is 11.9 Å². The predicted molar refractivity (Wildman–Crippen MR) is 66.7 cm³/mol. The Kier molecular flexibility index (Phi) is 4.57. The third kappa shape index (κ3) is 2.65. The highest BCUT2D eigenvalue weighted by Crippen LogP contribution is 2.27. The minimum atomic E-state index is 0.365. The third-order valence-electron chi connectivity index (χ3n) is 2.69. The maximum absolute atomic E-state index is 8.89. The normalized spacial score (nSPS) is 11.9. The molecule has 0 saturated heterocycles. The molecule has 0 bridgehead atoms. The van der Waals surface area contributed by atoms with Crippen LogP contribution >= 0.6 is 11.6 Å². The number of aromatic nitrogens is 1. The van der Waals surface area contributed by atoms with Crippen LogP contribution in [0.5, 0.6) is 0 Å². The van der Waals surface area contributed by atoms with E-state index in [4.69, 9.17) is 16.9 Å². The van der Waals surface area contributed by atoms with Gasteiger partial charge in [0.25, 0.3) is 0 Å². The van der Waals surface area contributed by atoms with Crippen molar-refractivity contribution >= 4 is 17.4 Å². The molecule has 1 aromatic rings. The largest absolute Gasteiger partial charge is 0.356 e. The van der Waals surface area contributed by atoms with Crippen LogP contribution in [0.4, 0.5) is 5.82 Å². The van der Waals surface area contributed by atoms with Crippen LogP contribution in [0.3, 0.4) is 0 Å². The molecule has 0 aromatic carbocycles. The molecule has 1 heterocycles. The Labute approximate surface area is 102 Å². The molecule has 1 aromatic heterocycles. The highest BCUT2D eigenvalue weighted by Gasteiger charge is 2.15. The number of nitriles is 1. The van der Waals surface area contributed by atoms with Crippen molar-refractivity contribution < 1.29 is 0 Å². The van der Waals surface area contributed by atoms with Crippen LogP contribution in [-0.4, -0.2) is 18.1 Å². The molecule has 86 valence electrons. The predicted octanol–water partition coefficient (Wildman–Crippen LogP) is 3.23. The zero-order valence-corrected chi connectivity index (χ0v) is 10.6. The number of pyridine rings is 1. The van der Waals surface area contributed by atoms with Crippen LogP contribution in [0.2, 0.25) is 5.02 Å². The van der Waals surface area contributed by atoms with Crippen LogP contribution < -0.4 is 4.90 Å². The van der Waals surface area contributed by atoms with Gasteiger partial charge in [-0.25, -0.2) is 4.98 Å². The van der Waals surface area contributed by atoms with Crippen molar-refractivity contribution in [2.75, 3.05) is 11.9 Å². The number of hydrogen-bond donors (Lipinski definition) is 0. The fourth-order valence-corrected chi connectivity index (χ4v) is 1.87. The van der Waals surface area contributed by atoms with E-state index in [9.17, 15) is 0 Å². The number of nitrogens with zero attached hydrogens (tertiary/aromatic N) is 3. The molecular weight excluding hydrogens is 222 g/mol. The SMILES string of the molecule is CCCC(C)N(C)c1nccc(C#N)c1Cl. The lowest BCUT2D eigenvalue weighted by Crippen LogP contribution is -2.29. The summed E-state index contributed by atoms with van der Waals surface area (Å²) in [5.74, 6) is 0.682. The molecule has 1 rings (SSSR count). The topological polar surface area (TPSA) is 39.9 Å². The summed E-state index contributed by atoms with van der Waals surface area (Å²) in [5.41, 5.74) is 0.474. The van der Waals surface area contributed by atoms with Gasteiger partial charge in [0.2, 0.25) is 0 Å². The number of rotatable bonds is 4. The molecule has 4 heteroatoms. The number of halogens is 1. The quantitative estimate of drug-likeness (QED) is 0.807. The van der Waals surface area contributed by atoms with Crippen molar-refractivity contribution in [2.24, 2.45) is 0 Å². The first kappa shape index (κ1) is 12.8. The van der Waals surface area contributed by atoms with E-state index in [0.717, 1.165) is 12.8 Å². The first-order valence-electron chi connectivity index (χ1n) is 5.39. The second-order valence-electron chi connectivity index (χ2n) is 3.86. The molecule has 0 amide bonds. The molecule has 0 fully saturated rings.